The van der Waals surface area contributed by atoms with Crippen molar-refractivity contribution < 1.29 is 23.1 Å². The lowest BCUT2D eigenvalue weighted by Gasteiger charge is -2.35. The van der Waals surface area contributed by atoms with Gasteiger partial charge in [0, 0.05) is 26.2 Å². The van der Waals surface area contributed by atoms with Crippen molar-refractivity contribution in [2.45, 2.75) is 39.3 Å². The van der Waals surface area contributed by atoms with E-state index in [2.05, 4.69) is 4.90 Å². The zero-order valence-electron chi connectivity index (χ0n) is 12.7. The lowest BCUT2D eigenvalue weighted by atomic mass is 9.87. The summed E-state index contributed by atoms with van der Waals surface area (Å²) in [6, 6.07) is 0. The quantitative estimate of drug-likeness (QED) is 0.734. The molecule has 1 aliphatic heterocycles. The zero-order valence-corrected chi connectivity index (χ0v) is 12.7. The van der Waals surface area contributed by atoms with Crippen LogP contribution in [-0.4, -0.2) is 66.3 Å². The van der Waals surface area contributed by atoms with E-state index in [0.717, 1.165) is 19.4 Å². The van der Waals surface area contributed by atoms with Crippen LogP contribution in [-0.2, 0) is 4.79 Å². The fourth-order valence-electron chi connectivity index (χ4n) is 2.43. The Morgan fingerprint density at radius 2 is 1.57 bits per heavy atom. The Morgan fingerprint density at radius 3 is 2.05 bits per heavy atom. The molecule has 0 atom stereocenters. The van der Waals surface area contributed by atoms with Crippen LogP contribution in [0.1, 0.15) is 33.1 Å². The number of aliphatic carboxylic acids is 1. The van der Waals surface area contributed by atoms with E-state index >= 15 is 0 Å². The number of carbonyl (C=O) groups is 1. The Morgan fingerprint density at radius 1 is 1.05 bits per heavy atom. The molecule has 0 aromatic rings. The van der Waals surface area contributed by atoms with Gasteiger partial charge in [-0.15, -0.1) is 0 Å². The van der Waals surface area contributed by atoms with Crippen molar-refractivity contribution in [1.29, 1.82) is 0 Å². The first-order valence-electron chi connectivity index (χ1n) is 7.35. The molecule has 21 heavy (non-hydrogen) atoms. The maximum absolute atomic E-state index is 12.3. The Labute approximate surface area is 123 Å². The molecule has 1 saturated heterocycles. The highest BCUT2D eigenvalue weighted by molar-refractivity contribution is 5.73. The lowest BCUT2D eigenvalue weighted by molar-refractivity contribution is -0.149. The largest absolute Gasteiger partial charge is 0.481 e. The minimum atomic E-state index is -4.12. The number of carboxylic acid groups (broad SMARTS) is 1. The Hall–Kier alpha value is -0.820. The van der Waals surface area contributed by atoms with E-state index in [1.165, 1.54) is 4.90 Å². The molecular formula is C14H25F3N2O2. The van der Waals surface area contributed by atoms with E-state index in [4.69, 9.17) is 5.11 Å². The van der Waals surface area contributed by atoms with Crippen molar-refractivity contribution >= 4 is 5.97 Å². The summed E-state index contributed by atoms with van der Waals surface area (Å²) in [7, 11) is 0. The Kier molecular flexibility index (Phi) is 6.46. The maximum atomic E-state index is 12.3. The van der Waals surface area contributed by atoms with Gasteiger partial charge >= 0.3 is 12.1 Å². The molecule has 0 aromatic carbocycles. The number of halogens is 3. The number of rotatable bonds is 7. The molecule has 0 radical (unpaired) electrons. The van der Waals surface area contributed by atoms with Crippen LogP contribution in [0, 0.1) is 5.41 Å². The van der Waals surface area contributed by atoms with Gasteiger partial charge in [-0.3, -0.25) is 9.69 Å². The minimum absolute atomic E-state index is 0.445. The molecule has 0 unspecified atom stereocenters. The first-order chi connectivity index (χ1) is 9.60. The fraction of sp³-hybridized carbons (Fsp3) is 0.929. The van der Waals surface area contributed by atoms with Crippen molar-refractivity contribution in [1.82, 2.24) is 9.80 Å². The molecule has 1 fully saturated rings. The van der Waals surface area contributed by atoms with Crippen LogP contribution < -0.4 is 0 Å². The summed E-state index contributed by atoms with van der Waals surface area (Å²) in [6.45, 7) is 5.62. The average Bonchev–Trinajstić information content (AvgIpc) is 2.34. The molecule has 0 bridgehead atoms. The summed E-state index contributed by atoms with van der Waals surface area (Å²) in [5, 5.41) is 9.00. The van der Waals surface area contributed by atoms with E-state index in [1.807, 2.05) is 0 Å². The molecule has 0 aliphatic carbocycles. The van der Waals surface area contributed by atoms with Gasteiger partial charge in [-0.25, -0.2) is 0 Å². The molecule has 0 spiro atoms. The molecule has 1 aliphatic rings. The normalized spacial score (nSPS) is 18.9. The number of nitrogens with zero attached hydrogens (tertiary/aromatic N) is 2. The summed E-state index contributed by atoms with van der Waals surface area (Å²) in [5.41, 5.74) is -0.703. The first kappa shape index (κ1) is 18.2. The van der Waals surface area contributed by atoms with Crippen molar-refractivity contribution in [3.63, 3.8) is 0 Å². The molecule has 0 aromatic heterocycles. The van der Waals surface area contributed by atoms with Gasteiger partial charge in [0.25, 0.3) is 0 Å². The van der Waals surface area contributed by atoms with Crippen molar-refractivity contribution in [2.75, 3.05) is 39.3 Å². The van der Waals surface area contributed by atoms with Gasteiger partial charge in [0.2, 0.25) is 0 Å². The third-order valence-corrected chi connectivity index (χ3v) is 3.97. The molecular weight excluding hydrogens is 285 g/mol. The van der Waals surface area contributed by atoms with Crippen molar-refractivity contribution in [3.8, 4) is 0 Å². The minimum Gasteiger partial charge on any atom is -0.481 e. The van der Waals surface area contributed by atoms with Gasteiger partial charge in [0.15, 0.2) is 0 Å². The van der Waals surface area contributed by atoms with Crippen LogP contribution in [0.3, 0.4) is 0 Å². The van der Waals surface area contributed by atoms with Gasteiger partial charge < -0.3 is 10.0 Å². The molecule has 0 saturated carbocycles. The van der Waals surface area contributed by atoms with E-state index in [9.17, 15) is 18.0 Å². The van der Waals surface area contributed by atoms with Gasteiger partial charge in [0.05, 0.1) is 12.0 Å². The summed E-state index contributed by atoms with van der Waals surface area (Å²) in [6.07, 6.45) is -1.79. The molecule has 1 N–H and O–H groups in total. The number of hydrogen-bond donors (Lipinski definition) is 1. The second-order valence-electron chi connectivity index (χ2n) is 6.38. The van der Waals surface area contributed by atoms with Crippen LogP contribution in [0.2, 0.25) is 0 Å². The summed E-state index contributed by atoms with van der Waals surface area (Å²) < 4.78 is 36.8. The van der Waals surface area contributed by atoms with Gasteiger partial charge in [-0.2, -0.15) is 13.2 Å². The zero-order chi connectivity index (χ0) is 16.1. The third kappa shape index (κ3) is 7.13. The summed E-state index contributed by atoms with van der Waals surface area (Å²) in [5.74, 6) is -0.789. The number of hydrogen-bond acceptors (Lipinski definition) is 3. The predicted molar refractivity (Wildman–Crippen MR) is 74.2 cm³/mol. The topological polar surface area (TPSA) is 43.8 Å². The predicted octanol–water partition coefficient (Wildman–Crippen LogP) is 2.45. The highest BCUT2D eigenvalue weighted by atomic mass is 19.4. The van der Waals surface area contributed by atoms with Crippen LogP contribution >= 0.6 is 0 Å². The summed E-state index contributed by atoms with van der Waals surface area (Å²) in [4.78, 5) is 14.5. The highest BCUT2D eigenvalue weighted by Gasteiger charge is 2.32. The second kappa shape index (κ2) is 7.45. The first-order valence-corrected chi connectivity index (χ1v) is 7.35. The lowest BCUT2D eigenvalue weighted by Crippen LogP contribution is -2.49. The second-order valence-corrected chi connectivity index (χ2v) is 6.38. The monoisotopic (exact) mass is 310 g/mol. The molecule has 0 amide bonds. The van der Waals surface area contributed by atoms with Crippen LogP contribution in [0.25, 0.3) is 0 Å². The fourth-order valence-corrected chi connectivity index (χ4v) is 2.43. The SMILES string of the molecule is CC(C)(CCCCN1CCN(CC(F)(F)F)CC1)C(=O)O. The van der Waals surface area contributed by atoms with E-state index in [1.54, 1.807) is 13.8 Å². The van der Waals surface area contributed by atoms with E-state index in [0.29, 0.717) is 32.6 Å². The van der Waals surface area contributed by atoms with Crippen LogP contribution in [0.15, 0.2) is 0 Å². The van der Waals surface area contributed by atoms with Gasteiger partial charge in [-0.05, 0) is 33.2 Å². The number of piperazine rings is 1. The molecule has 4 nitrogen and oxygen atoms in total. The van der Waals surface area contributed by atoms with Crippen molar-refractivity contribution in [2.24, 2.45) is 5.41 Å². The smallest absolute Gasteiger partial charge is 0.401 e. The van der Waals surface area contributed by atoms with E-state index < -0.39 is 24.1 Å². The highest BCUT2D eigenvalue weighted by Crippen LogP contribution is 2.23. The molecule has 7 heteroatoms. The standard InChI is InChI=1S/C14H25F3N2O2/c1-13(2,12(20)21)5-3-4-6-18-7-9-19(10-8-18)11-14(15,16)17/h3-11H2,1-2H3,(H,20,21). The molecule has 124 valence electrons. The average molecular weight is 310 g/mol. The third-order valence-electron chi connectivity index (χ3n) is 3.97. The van der Waals surface area contributed by atoms with E-state index in [-0.39, 0.29) is 0 Å². The summed E-state index contributed by atoms with van der Waals surface area (Å²) >= 11 is 0. The van der Waals surface area contributed by atoms with Gasteiger partial charge in [-0.1, -0.05) is 6.42 Å². The molecule has 1 rings (SSSR count). The van der Waals surface area contributed by atoms with Crippen molar-refractivity contribution in [3.05, 3.63) is 0 Å². The molecule has 1 heterocycles. The Bertz CT molecular complexity index is 338. The Balaban J connectivity index is 2.15. The maximum Gasteiger partial charge on any atom is 0.401 e. The van der Waals surface area contributed by atoms with Gasteiger partial charge in [0.1, 0.15) is 0 Å². The number of carboxylic acids is 1. The van der Waals surface area contributed by atoms with Crippen LogP contribution in [0.5, 0.6) is 0 Å². The number of alkyl halides is 3. The number of unbranched alkanes of at least 4 members (excludes halogenated alkanes) is 1. The van der Waals surface area contributed by atoms with Crippen LogP contribution in [0.4, 0.5) is 13.2 Å².